The fraction of sp³-hybridized carbons (Fsp3) is 0.0654. The van der Waals surface area contributed by atoms with E-state index in [1.165, 1.54) is 122 Å². The van der Waals surface area contributed by atoms with E-state index in [1.807, 2.05) is 67.5 Å². The lowest BCUT2D eigenvalue weighted by atomic mass is 9.92. The normalized spacial score (nSPS) is 11.4. The number of benzene rings is 19. The number of nitrogens with zero attached hydrogens (tertiary/aromatic N) is 12. The molecular weight excluding hydrogens is 1690 g/mol. The number of aromatic nitrogens is 12. The molecule has 4 N–H and O–H groups in total. The number of hydrogen-bond acceptors (Lipinski definition) is 23. The summed E-state index contributed by atoms with van der Waals surface area (Å²) in [5, 5.41) is 70.3. The van der Waals surface area contributed by atoms with E-state index in [-0.39, 0.29) is 23.0 Å². The SMILES string of the molecule is COc1ccc(-c2nc(SC)nc(-c3cc4c5ccccc5ccc4c4ccccc34)n2)c(O)c1.COc1ccc(-c2nc(SC)nc(-c3cc4ccccc4c4ccccc34)n2)c(O)c1.COc1ccc(-c2nc(SC)nc(-c3ccc4ccc5cccc6ccc3c4c56)n2)c(O)c1.CSc1nc(-c2ccccc2O)nc(-c2ccc3ccc4cccc5ccc2c3c45)n1. The van der Waals surface area contributed by atoms with Gasteiger partial charge in [-0.3, -0.25) is 0 Å². The van der Waals surface area contributed by atoms with E-state index in [0.29, 0.717) is 107 Å². The number of phenolic OH excluding ortho intramolecular Hbond substituents is 4. The second-order valence-corrected chi connectivity index (χ2v) is 33.6. The third kappa shape index (κ3) is 15.6. The zero-order valence-corrected chi connectivity index (χ0v) is 74.2. The number of thioether (sulfide) groups is 4. The van der Waals surface area contributed by atoms with E-state index in [2.05, 4.69) is 220 Å². The first-order chi connectivity index (χ1) is 63.7. The molecule has 23 rings (SSSR count). The molecule has 0 bridgehead atoms. The maximum atomic E-state index is 10.6. The van der Waals surface area contributed by atoms with E-state index in [4.69, 9.17) is 54.1 Å². The van der Waals surface area contributed by atoms with Crippen LogP contribution < -0.4 is 14.2 Å². The molecule has 4 aromatic heterocycles. The van der Waals surface area contributed by atoms with E-state index in [9.17, 15) is 20.4 Å². The van der Waals surface area contributed by atoms with Gasteiger partial charge in [0.25, 0.3) is 0 Å². The van der Waals surface area contributed by atoms with E-state index in [0.717, 1.165) is 65.3 Å². The first-order valence-electron chi connectivity index (χ1n) is 41.4. The molecule has 0 aliphatic heterocycles. The number of hydrogen-bond donors (Lipinski definition) is 4. The molecule has 19 nitrogen and oxygen atoms in total. The van der Waals surface area contributed by atoms with Crippen LogP contribution in [0.5, 0.6) is 40.2 Å². The fourth-order valence-corrected chi connectivity index (χ4v) is 18.5. The molecule has 0 spiro atoms. The topological polar surface area (TPSA) is 263 Å². The molecule has 0 saturated heterocycles. The van der Waals surface area contributed by atoms with Crippen LogP contribution in [0.25, 0.3) is 210 Å². The molecule has 23 heteroatoms. The standard InChI is InChI=1S/C29H21N3O2S.C27H19N3O2S.C26H17N3OS.C25H19N3O2S/c1-34-18-12-14-23(26(33)15-18)27-30-28(32-29(31-27)35-2)25-16-24-19-8-4-3-7-17(19)11-13-22(24)20-9-5-6-10-21(20)25;1-32-18-10-13-21(22(31)14-18)26-28-25(29-27(30-26)33-2)20-12-9-17-7-6-15-4-3-5-16-8-11-19(20)24(17)23(15)16;1-31-26-28-24(27-25(29-26)20-7-2-3-8-21(20)30)19-14-12-17-10-9-15-5-4-6-16-11-13-18(19)23(17)22(15)16;1-30-16-11-12-20(22(29)14-16)23-26-24(28-25(27-23)31-2)21-13-15-7-3-4-8-17(15)18-9-5-6-10-19(18)21/h3-16,33H,1-2H3;3-14,31H,1-2H3;2-14,30H,1H3;3-14,29H,1-2H3. The van der Waals surface area contributed by atoms with Gasteiger partial charge in [-0.25, -0.2) is 59.8 Å². The van der Waals surface area contributed by atoms with Gasteiger partial charge in [-0.05, 0) is 216 Å². The van der Waals surface area contributed by atoms with Crippen LogP contribution in [0.1, 0.15) is 0 Å². The average Bonchev–Trinajstić information content (AvgIpc) is 0.742. The summed E-state index contributed by atoms with van der Waals surface area (Å²) in [4.78, 5) is 56.3. The summed E-state index contributed by atoms with van der Waals surface area (Å²) >= 11 is 5.79. The zero-order valence-electron chi connectivity index (χ0n) is 71.0. The van der Waals surface area contributed by atoms with Gasteiger partial charge in [0.1, 0.15) is 40.2 Å². The van der Waals surface area contributed by atoms with Gasteiger partial charge in [-0.2, -0.15) is 0 Å². The number of phenols is 4. The number of aromatic hydroxyl groups is 4. The Morgan fingerprint density at radius 2 is 0.454 bits per heavy atom. The van der Waals surface area contributed by atoms with Crippen LogP contribution in [0.3, 0.4) is 0 Å². The van der Waals surface area contributed by atoms with Crippen LogP contribution in [0.4, 0.5) is 0 Å². The van der Waals surface area contributed by atoms with E-state index in [1.54, 1.807) is 88.1 Å². The molecule has 0 amide bonds. The molecule has 130 heavy (non-hydrogen) atoms. The zero-order chi connectivity index (χ0) is 88.8. The van der Waals surface area contributed by atoms with Crippen LogP contribution in [0.2, 0.25) is 0 Å². The molecular formula is C107H76N12O7S4. The van der Waals surface area contributed by atoms with Gasteiger partial charge in [0, 0.05) is 40.5 Å². The summed E-state index contributed by atoms with van der Waals surface area (Å²) in [6.45, 7) is 0. The van der Waals surface area contributed by atoms with Gasteiger partial charge in [-0.15, -0.1) is 0 Å². The van der Waals surface area contributed by atoms with Crippen LogP contribution in [-0.4, -0.2) is 127 Å². The second kappa shape index (κ2) is 35.4. The lowest BCUT2D eigenvalue weighted by Crippen LogP contribution is -2.00. The van der Waals surface area contributed by atoms with Crippen molar-refractivity contribution < 1.29 is 34.6 Å². The van der Waals surface area contributed by atoms with Crippen LogP contribution in [0.15, 0.2) is 330 Å². The predicted molar refractivity (Wildman–Crippen MR) is 531 cm³/mol. The highest BCUT2D eigenvalue weighted by Crippen LogP contribution is 2.46. The fourth-order valence-electron chi connectivity index (χ4n) is 17.0. The van der Waals surface area contributed by atoms with Crippen molar-refractivity contribution in [1.29, 1.82) is 0 Å². The first-order valence-corrected chi connectivity index (χ1v) is 46.3. The molecule has 0 radical (unpaired) electrons. The Bertz CT molecular complexity index is 8350. The van der Waals surface area contributed by atoms with Gasteiger partial charge in [0.05, 0.1) is 43.6 Å². The number of fused-ring (bicyclic) bond motifs is 8. The molecule has 0 fully saturated rings. The molecule has 0 saturated carbocycles. The van der Waals surface area contributed by atoms with Crippen molar-refractivity contribution in [2.24, 2.45) is 0 Å². The largest absolute Gasteiger partial charge is 0.507 e. The van der Waals surface area contributed by atoms with Crippen molar-refractivity contribution in [3.63, 3.8) is 0 Å². The van der Waals surface area contributed by atoms with Gasteiger partial charge in [-0.1, -0.05) is 265 Å². The smallest absolute Gasteiger partial charge is 0.191 e. The minimum atomic E-state index is 0.0583. The molecule has 0 atom stereocenters. The van der Waals surface area contributed by atoms with Gasteiger partial charge < -0.3 is 34.6 Å². The summed E-state index contributed by atoms with van der Waals surface area (Å²) in [5.74, 6) is 6.12. The molecule has 4 heterocycles. The average molecular weight is 1770 g/mol. The van der Waals surface area contributed by atoms with Crippen molar-refractivity contribution in [2.45, 2.75) is 20.6 Å². The van der Waals surface area contributed by atoms with Crippen LogP contribution in [-0.2, 0) is 0 Å². The van der Waals surface area contributed by atoms with Gasteiger partial charge in [0.2, 0.25) is 0 Å². The van der Waals surface area contributed by atoms with Crippen molar-refractivity contribution in [1.82, 2.24) is 59.8 Å². The molecule has 19 aromatic carbocycles. The minimum Gasteiger partial charge on any atom is -0.507 e. The van der Waals surface area contributed by atoms with Gasteiger partial charge >= 0.3 is 0 Å². The Labute approximate surface area is 762 Å². The molecule has 23 aromatic rings. The van der Waals surface area contributed by atoms with E-state index >= 15 is 0 Å². The van der Waals surface area contributed by atoms with Gasteiger partial charge in [0.15, 0.2) is 67.2 Å². The number of methoxy groups -OCH3 is 3. The lowest BCUT2D eigenvalue weighted by molar-refractivity contribution is 0.407. The minimum absolute atomic E-state index is 0.0583. The lowest BCUT2D eigenvalue weighted by Gasteiger charge is -2.14. The predicted octanol–water partition coefficient (Wildman–Crippen LogP) is 26.1. The molecule has 630 valence electrons. The Balaban J connectivity index is 0.000000109. The molecule has 0 aliphatic carbocycles. The van der Waals surface area contributed by atoms with E-state index < -0.39 is 0 Å². The quantitative estimate of drug-likeness (QED) is 0.0549. The summed E-state index contributed by atoms with van der Waals surface area (Å²) in [6.07, 6.45) is 7.73. The Morgan fingerprint density at radius 3 is 0.846 bits per heavy atom. The first kappa shape index (κ1) is 82.9. The third-order valence-electron chi connectivity index (χ3n) is 23.2. The second-order valence-electron chi connectivity index (χ2n) is 30.5. The third-order valence-corrected chi connectivity index (χ3v) is 25.4. The van der Waals surface area contributed by atoms with Crippen molar-refractivity contribution in [3.05, 3.63) is 309 Å². The van der Waals surface area contributed by atoms with Crippen molar-refractivity contribution in [3.8, 4) is 131 Å². The van der Waals surface area contributed by atoms with Crippen LogP contribution >= 0.6 is 47.0 Å². The maximum Gasteiger partial charge on any atom is 0.191 e. The Kier molecular flexibility index (Phi) is 22.6. The number of para-hydroxylation sites is 1. The van der Waals surface area contributed by atoms with Crippen molar-refractivity contribution in [2.75, 3.05) is 46.4 Å². The highest BCUT2D eigenvalue weighted by molar-refractivity contribution is 7.99. The Morgan fingerprint density at radius 1 is 0.185 bits per heavy atom. The number of ether oxygens (including phenoxy) is 3. The van der Waals surface area contributed by atoms with Crippen molar-refractivity contribution >= 4 is 166 Å². The summed E-state index contributed by atoms with van der Waals surface area (Å²) in [7, 11) is 4.69. The number of rotatable bonds is 15. The summed E-state index contributed by atoms with van der Waals surface area (Å²) in [5.41, 5.74) is 5.95. The Hall–Kier alpha value is -15.4. The highest BCUT2D eigenvalue weighted by atomic mass is 32.2. The molecule has 0 unspecified atom stereocenters. The monoisotopic (exact) mass is 1770 g/mol. The maximum absolute atomic E-state index is 10.6. The summed E-state index contributed by atoms with van der Waals surface area (Å²) < 4.78 is 15.6. The summed E-state index contributed by atoms with van der Waals surface area (Å²) in [6, 6.07) is 103. The highest BCUT2D eigenvalue weighted by Gasteiger charge is 2.25. The van der Waals surface area contributed by atoms with Crippen LogP contribution in [0, 0.1) is 0 Å². The molecule has 0 aliphatic rings.